The Morgan fingerprint density at radius 2 is 1.91 bits per heavy atom. The third kappa shape index (κ3) is 4.44. The number of carbonyl (C=O) groups excluding carboxylic acids is 2. The molecule has 1 aliphatic heterocycles. The lowest BCUT2D eigenvalue weighted by atomic mass is 9.93. The smallest absolute Gasteiger partial charge is 0.330 e. The van der Waals surface area contributed by atoms with E-state index in [1.807, 2.05) is 42.5 Å². The molecular weight excluding hydrogens is 448 g/mol. The van der Waals surface area contributed by atoms with Crippen LogP contribution in [0.3, 0.4) is 0 Å². The Morgan fingerprint density at radius 1 is 1.14 bits per heavy atom. The molecule has 2 aromatic rings. The number of fused-ring (bicyclic) bond motifs is 2. The average Bonchev–Trinajstić information content (AvgIpc) is 3.18. The number of hydrogen-bond donors (Lipinski definition) is 2. The van der Waals surface area contributed by atoms with Crippen LogP contribution in [0.2, 0.25) is 0 Å². The van der Waals surface area contributed by atoms with E-state index in [-0.39, 0.29) is 17.9 Å². The van der Waals surface area contributed by atoms with Crippen LogP contribution in [0.15, 0.2) is 42.5 Å². The fourth-order valence-electron chi connectivity index (χ4n) is 5.39. The number of benzene rings is 1. The summed E-state index contributed by atoms with van der Waals surface area (Å²) in [6, 6.07) is 9.20. The van der Waals surface area contributed by atoms with E-state index in [2.05, 4.69) is 20.7 Å². The number of carbonyl (C=O) groups is 3. The highest BCUT2D eigenvalue weighted by Gasteiger charge is 2.61. The number of tetrazole rings is 1. The maximum absolute atomic E-state index is 13.4. The largest absolute Gasteiger partial charge is 0.479 e. The predicted molar refractivity (Wildman–Crippen MR) is 126 cm³/mol. The summed E-state index contributed by atoms with van der Waals surface area (Å²) >= 11 is 0. The van der Waals surface area contributed by atoms with Crippen molar-refractivity contribution in [3.05, 3.63) is 42.5 Å². The van der Waals surface area contributed by atoms with Gasteiger partial charge in [-0.3, -0.25) is 9.59 Å². The van der Waals surface area contributed by atoms with Crippen molar-refractivity contribution in [3.63, 3.8) is 0 Å². The Labute approximate surface area is 203 Å². The Balaban J connectivity index is 1.41. The molecule has 0 radical (unpaired) electrons. The van der Waals surface area contributed by atoms with Gasteiger partial charge in [0.25, 0.3) is 0 Å². The van der Waals surface area contributed by atoms with Crippen LogP contribution in [0.25, 0.3) is 11.4 Å². The molecule has 0 spiro atoms. The average molecular weight is 479 g/mol. The van der Waals surface area contributed by atoms with Crippen LogP contribution in [0.4, 0.5) is 0 Å². The van der Waals surface area contributed by atoms with Gasteiger partial charge in [-0.15, -0.1) is 10.2 Å². The SMILES string of the molecule is CN1CCCC/C=C\C2CC2(C(=O)O)NC(=O)C2CC(n3nnc(-c4ccccc4)n3)CC2C1=O. The molecule has 5 rings (SSSR count). The van der Waals surface area contributed by atoms with Gasteiger partial charge in [0.05, 0.1) is 17.9 Å². The second-order valence-electron chi connectivity index (χ2n) is 9.90. The summed E-state index contributed by atoms with van der Waals surface area (Å²) in [6.45, 7) is 0.615. The molecule has 10 nitrogen and oxygen atoms in total. The Hall–Kier alpha value is -3.56. The number of aliphatic carboxylic acids is 1. The van der Waals surface area contributed by atoms with Gasteiger partial charge in [-0.25, -0.2) is 4.79 Å². The van der Waals surface area contributed by atoms with E-state index in [4.69, 9.17) is 0 Å². The van der Waals surface area contributed by atoms with Crippen LogP contribution < -0.4 is 5.32 Å². The van der Waals surface area contributed by atoms with E-state index >= 15 is 0 Å². The lowest BCUT2D eigenvalue weighted by Gasteiger charge is -2.26. The monoisotopic (exact) mass is 478 g/mol. The standard InChI is InChI=1S/C25H30N6O4/c1-30-12-8-3-2-7-11-17-15-25(17,24(34)35)26-22(32)19-13-18(14-20(19)23(30)33)31-28-21(27-29-31)16-9-5-4-6-10-16/h4-7,9-11,17-20H,2-3,8,12-15H2,1H3,(H,26,32)(H,34,35)/b11-7-. The van der Waals surface area contributed by atoms with Gasteiger partial charge in [0.1, 0.15) is 5.54 Å². The van der Waals surface area contributed by atoms with E-state index in [1.54, 1.807) is 11.9 Å². The minimum absolute atomic E-state index is 0.0969. The zero-order valence-electron chi connectivity index (χ0n) is 19.7. The second-order valence-corrected chi connectivity index (χ2v) is 9.90. The summed E-state index contributed by atoms with van der Waals surface area (Å²) in [4.78, 5) is 42.1. The number of aromatic nitrogens is 4. The quantitative estimate of drug-likeness (QED) is 0.646. The van der Waals surface area contributed by atoms with Crippen molar-refractivity contribution in [3.8, 4) is 11.4 Å². The van der Waals surface area contributed by atoms with Gasteiger partial charge in [-0.1, -0.05) is 42.5 Å². The van der Waals surface area contributed by atoms with Gasteiger partial charge in [-0.05, 0) is 43.7 Å². The van der Waals surface area contributed by atoms with E-state index in [0.29, 0.717) is 31.6 Å². The molecule has 2 N–H and O–H groups in total. The van der Waals surface area contributed by atoms with Crippen LogP contribution in [0.1, 0.15) is 44.6 Å². The van der Waals surface area contributed by atoms with Gasteiger partial charge in [0.15, 0.2) is 0 Å². The summed E-state index contributed by atoms with van der Waals surface area (Å²) in [5, 5.41) is 25.6. The number of carboxylic acids is 1. The molecule has 5 atom stereocenters. The minimum atomic E-state index is -1.29. The molecule has 2 aliphatic carbocycles. The van der Waals surface area contributed by atoms with Crippen LogP contribution in [-0.2, 0) is 14.4 Å². The van der Waals surface area contributed by atoms with Gasteiger partial charge < -0.3 is 15.3 Å². The molecule has 2 heterocycles. The summed E-state index contributed by atoms with van der Waals surface area (Å²) < 4.78 is 0. The third-order valence-electron chi connectivity index (χ3n) is 7.58. The minimum Gasteiger partial charge on any atom is -0.479 e. The molecule has 3 aliphatic rings. The summed E-state index contributed by atoms with van der Waals surface area (Å²) in [6.07, 6.45) is 7.58. The molecule has 1 aromatic heterocycles. The number of nitrogens with zero attached hydrogens (tertiary/aromatic N) is 5. The number of rotatable bonds is 3. The Bertz CT molecular complexity index is 1150. The summed E-state index contributed by atoms with van der Waals surface area (Å²) in [5.74, 6) is -2.50. The molecule has 2 fully saturated rings. The van der Waals surface area contributed by atoms with Crippen LogP contribution >= 0.6 is 0 Å². The molecule has 2 amide bonds. The van der Waals surface area contributed by atoms with Crippen LogP contribution in [0, 0.1) is 17.8 Å². The van der Waals surface area contributed by atoms with Crippen molar-refractivity contribution in [1.29, 1.82) is 0 Å². The Morgan fingerprint density at radius 3 is 2.69 bits per heavy atom. The molecular formula is C25H30N6O4. The van der Waals surface area contributed by atoms with Crippen molar-refractivity contribution in [2.75, 3.05) is 13.6 Å². The molecule has 184 valence electrons. The first kappa shape index (κ1) is 23.2. The fraction of sp³-hybridized carbons (Fsp3) is 0.520. The van der Waals surface area contributed by atoms with E-state index in [1.165, 1.54) is 4.80 Å². The normalized spacial score (nSPS) is 32.2. The first-order valence-corrected chi connectivity index (χ1v) is 12.2. The lowest BCUT2D eigenvalue weighted by molar-refractivity contribution is -0.145. The van der Waals surface area contributed by atoms with Crippen molar-refractivity contribution in [2.24, 2.45) is 17.8 Å². The van der Waals surface area contributed by atoms with E-state index < -0.39 is 29.3 Å². The molecule has 1 aromatic carbocycles. The highest BCUT2D eigenvalue weighted by Crippen LogP contribution is 2.47. The first-order valence-electron chi connectivity index (χ1n) is 12.2. The molecule has 10 heteroatoms. The van der Waals surface area contributed by atoms with Gasteiger partial charge in [0.2, 0.25) is 17.6 Å². The molecule has 5 unspecified atom stereocenters. The molecule has 35 heavy (non-hydrogen) atoms. The fourth-order valence-corrected chi connectivity index (χ4v) is 5.39. The van der Waals surface area contributed by atoms with Gasteiger partial charge in [0, 0.05) is 25.1 Å². The van der Waals surface area contributed by atoms with Crippen LogP contribution in [0.5, 0.6) is 0 Å². The van der Waals surface area contributed by atoms with Crippen molar-refractivity contribution < 1.29 is 19.5 Å². The highest BCUT2D eigenvalue weighted by molar-refractivity contribution is 5.94. The molecule has 0 bridgehead atoms. The van der Waals surface area contributed by atoms with Crippen molar-refractivity contribution in [1.82, 2.24) is 30.4 Å². The number of nitrogens with one attached hydrogen (secondary N) is 1. The highest BCUT2D eigenvalue weighted by atomic mass is 16.4. The maximum Gasteiger partial charge on any atom is 0.330 e. The Kier molecular flexibility index (Phi) is 6.12. The lowest BCUT2D eigenvalue weighted by Crippen LogP contribution is -2.49. The van der Waals surface area contributed by atoms with Gasteiger partial charge >= 0.3 is 5.97 Å². The molecule has 0 saturated heterocycles. The summed E-state index contributed by atoms with van der Waals surface area (Å²) in [7, 11) is 1.77. The van der Waals surface area contributed by atoms with Crippen molar-refractivity contribution >= 4 is 17.8 Å². The van der Waals surface area contributed by atoms with Gasteiger partial charge in [-0.2, -0.15) is 4.80 Å². The van der Waals surface area contributed by atoms with E-state index in [0.717, 1.165) is 24.8 Å². The third-order valence-corrected chi connectivity index (χ3v) is 7.58. The first-order chi connectivity index (χ1) is 16.9. The topological polar surface area (TPSA) is 130 Å². The number of allylic oxidation sites excluding steroid dienone is 1. The van der Waals surface area contributed by atoms with Crippen LogP contribution in [-0.4, -0.2) is 67.1 Å². The molecule has 2 saturated carbocycles. The number of hydrogen-bond acceptors (Lipinski definition) is 6. The number of amides is 2. The summed E-state index contributed by atoms with van der Waals surface area (Å²) in [5.41, 5.74) is -0.457. The maximum atomic E-state index is 13.4. The van der Waals surface area contributed by atoms with Crippen molar-refractivity contribution in [2.45, 2.75) is 50.1 Å². The zero-order chi connectivity index (χ0) is 24.6. The zero-order valence-corrected chi connectivity index (χ0v) is 19.7. The van der Waals surface area contributed by atoms with E-state index in [9.17, 15) is 19.5 Å². The predicted octanol–water partition coefficient (Wildman–Crippen LogP) is 2.07. The second kappa shape index (κ2) is 9.24. The number of carboxylic acid groups (broad SMARTS) is 1.